The smallest absolute Gasteiger partial charge is 0.342 e. The van der Waals surface area contributed by atoms with Gasteiger partial charge in [0.25, 0.3) is 0 Å². The second-order valence-electron chi connectivity index (χ2n) is 6.94. The van der Waals surface area contributed by atoms with E-state index in [1.165, 1.54) is 7.11 Å². The maximum Gasteiger partial charge on any atom is 0.342 e. The number of methoxy groups -OCH3 is 1. The van der Waals surface area contributed by atoms with Crippen LogP contribution >= 0.6 is 0 Å². The Hall–Kier alpha value is -2.50. The molecular formula is C20H24O6. The van der Waals surface area contributed by atoms with E-state index in [4.69, 9.17) is 14.6 Å². The molecule has 2 N–H and O–H groups in total. The quantitative estimate of drug-likeness (QED) is 0.616. The van der Waals surface area contributed by atoms with Crippen LogP contribution in [0.1, 0.15) is 59.2 Å². The fourth-order valence-electron chi connectivity index (χ4n) is 4.08. The minimum absolute atomic E-state index is 0.0369. The van der Waals surface area contributed by atoms with E-state index in [0.717, 1.165) is 36.8 Å². The molecular weight excluding hydrogens is 336 g/mol. The number of ether oxygens (including phenoxy) is 2. The fraction of sp³-hybridized carbons (Fsp3) is 0.500. The van der Waals surface area contributed by atoms with E-state index < -0.39 is 11.9 Å². The topological polar surface area (TPSA) is 93.1 Å². The number of aliphatic carboxylic acids is 1. The minimum Gasteiger partial charge on any atom is -0.507 e. The van der Waals surface area contributed by atoms with Gasteiger partial charge in [-0.15, -0.1) is 0 Å². The SMILES string of the molecule is COc1c(C)c2c(c(O)c1C/C=C1\CCCC[C@H]1CC(=O)O)C(=O)OC2. The fourth-order valence-corrected chi connectivity index (χ4v) is 4.08. The highest BCUT2D eigenvalue weighted by atomic mass is 16.5. The van der Waals surface area contributed by atoms with E-state index in [9.17, 15) is 14.7 Å². The molecule has 1 aromatic rings. The van der Waals surface area contributed by atoms with Crippen molar-refractivity contribution in [3.63, 3.8) is 0 Å². The number of rotatable bonds is 5. The van der Waals surface area contributed by atoms with E-state index in [0.29, 0.717) is 23.3 Å². The first-order valence-corrected chi connectivity index (χ1v) is 8.93. The van der Waals surface area contributed by atoms with Crippen LogP contribution in [0.4, 0.5) is 0 Å². The summed E-state index contributed by atoms with van der Waals surface area (Å²) in [7, 11) is 1.54. The van der Waals surface area contributed by atoms with Gasteiger partial charge in [0, 0.05) is 11.1 Å². The number of cyclic esters (lactones) is 1. The number of allylic oxidation sites excluding steroid dienone is 2. The number of carboxylic acid groups (broad SMARTS) is 1. The minimum atomic E-state index is -0.792. The first kappa shape index (κ1) is 18.3. The number of phenols is 1. The molecule has 1 saturated carbocycles. The second-order valence-corrected chi connectivity index (χ2v) is 6.94. The lowest BCUT2D eigenvalue weighted by molar-refractivity contribution is -0.137. The van der Waals surface area contributed by atoms with E-state index in [2.05, 4.69) is 0 Å². The van der Waals surface area contributed by atoms with Gasteiger partial charge in [-0.05, 0) is 44.1 Å². The summed E-state index contributed by atoms with van der Waals surface area (Å²) in [6.45, 7) is 2.00. The number of phenolic OH excluding ortho intramolecular Hbond substituents is 1. The maximum absolute atomic E-state index is 12.0. The number of hydrogen-bond acceptors (Lipinski definition) is 5. The normalized spacial score (nSPS) is 20.8. The number of aromatic hydroxyl groups is 1. The van der Waals surface area contributed by atoms with Gasteiger partial charge >= 0.3 is 11.9 Å². The van der Waals surface area contributed by atoms with Gasteiger partial charge < -0.3 is 19.7 Å². The summed E-state index contributed by atoms with van der Waals surface area (Å²) in [6.07, 6.45) is 6.33. The summed E-state index contributed by atoms with van der Waals surface area (Å²) in [5.74, 6) is -0.804. The van der Waals surface area contributed by atoms with Crippen molar-refractivity contribution in [1.82, 2.24) is 0 Å². The van der Waals surface area contributed by atoms with E-state index in [1.807, 2.05) is 13.0 Å². The standard InChI is InChI=1S/C20H24O6/c1-11-15-10-26-20(24)17(15)18(23)14(19(11)25-2)8-7-12-5-3-4-6-13(12)9-16(21)22/h7,13,23H,3-6,8-10H2,1-2H3,(H,21,22)/b12-7+/t13-/m0/s1. The summed E-state index contributed by atoms with van der Waals surface area (Å²) in [5.41, 5.74) is 3.35. The third-order valence-corrected chi connectivity index (χ3v) is 5.43. The zero-order chi connectivity index (χ0) is 18.8. The molecule has 1 aromatic carbocycles. The second kappa shape index (κ2) is 7.40. The molecule has 1 atom stereocenters. The van der Waals surface area contributed by atoms with Crippen LogP contribution in [0.5, 0.6) is 11.5 Å². The van der Waals surface area contributed by atoms with Crippen molar-refractivity contribution in [3.8, 4) is 11.5 Å². The summed E-state index contributed by atoms with van der Waals surface area (Å²) < 4.78 is 10.6. The number of esters is 1. The molecule has 6 nitrogen and oxygen atoms in total. The summed E-state index contributed by atoms with van der Waals surface area (Å²) >= 11 is 0. The summed E-state index contributed by atoms with van der Waals surface area (Å²) in [5, 5.41) is 19.8. The first-order chi connectivity index (χ1) is 12.4. The van der Waals surface area contributed by atoms with Gasteiger partial charge in [0.05, 0.1) is 13.5 Å². The van der Waals surface area contributed by atoms with E-state index >= 15 is 0 Å². The molecule has 0 spiro atoms. The molecule has 0 unspecified atom stereocenters. The van der Waals surface area contributed by atoms with E-state index in [-0.39, 0.29) is 30.3 Å². The van der Waals surface area contributed by atoms with Gasteiger partial charge in [0.1, 0.15) is 23.7 Å². The molecule has 26 heavy (non-hydrogen) atoms. The Bertz CT molecular complexity index is 777. The molecule has 1 aliphatic carbocycles. The lowest BCUT2D eigenvalue weighted by Crippen LogP contribution is -2.15. The molecule has 0 amide bonds. The predicted octanol–water partition coefficient (Wildman–Crippen LogP) is 3.51. The van der Waals surface area contributed by atoms with Crippen LogP contribution in [0.25, 0.3) is 0 Å². The highest BCUT2D eigenvalue weighted by molar-refractivity contribution is 5.98. The molecule has 0 bridgehead atoms. The largest absolute Gasteiger partial charge is 0.507 e. The Morgan fingerprint density at radius 2 is 2.15 bits per heavy atom. The number of fused-ring (bicyclic) bond motifs is 1. The molecule has 140 valence electrons. The van der Waals surface area contributed by atoms with Gasteiger partial charge in [0.15, 0.2) is 0 Å². The lowest BCUT2D eigenvalue weighted by Gasteiger charge is -2.24. The van der Waals surface area contributed by atoms with Crippen LogP contribution in [-0.2, 0) is 22.6 Å². The average Bonchev–Trinajstić information content (AvgIpc) is 2.99. The molecule has 6 heteroatoms. The lowest BCUT2D eigenvalue weighted by atomic mass is 9.81. The zero-order valence-electron chi connectivity index (χ0n) is 15.1. The molecule has 0 saturated heterocycles. The molecule has 3 rings (SSSR count). The third kappa shape index (κ3) is 3.28. The van der Waals surface area contributed by atoms with Gasteiger partial charge in [-0.2, -0.15) is 0 Å². The van der Waals surface area contributed by atoms with E-state index in [1.54, 1.807) is 0 Å². The zero-order valence-corrected chi connectivity index (χ0v) is 15.1. The van der Waals surface area contributed by atoms with Crippen molar-refractivity contribution in [1.29, 1.82) is 0 Å². The Balaban J connectivity index is 1.96. The van der Waals surface area contributed by atoms with Crippen LogP contribution in [0.3, 0.4) is 0 Å². The maximum atomic E-state index is 12.0. The molecule has 1 aliphatic heterocycles. The van der Waals surface area contributed by atoms with Crippen molar-refractivity contribution in [2.24, 2.45) is 5.92 Å². The van der Waals surface area contributed by atoms with Crippen LogP contribution in [-0.4, -0.2) is 29.3 Å². The van der Waals surface area contributed by atoms with Crippen molar-refractivity contribution in [2.45, 2.75) is 52.1 Å². The number of carboxylic acids is 1. The number of carbonyl (C=O) groups excluding carboxylic acids is 1. The van der Waals surface area contributed by atoms with Crippen LogP contribution < -0.4 is 4.74 Å². The van der Waals surface area contributed by atoms with Gasteiger partial charge in [-0.25, -0.2) is 4.79 Å². The predicted molar refractivity (Wildman–Crippen MR) is 94.5 cm³/mol. The summed E-state index contributed by atoms with van der Waals surface area (Å²) in [4.78, 5) is 23.1. The number of benzene rings is 1. The molecule has 1 fully saturated rings. The molecule has 0 aromatic heterocycles. The Labute approximate surface area is 152 Å². The van der Waals surface area contributed by atoms with Gasteiger partial charge in [0.2, 0.25) is 0 Å². The first-order valence-electron chi connectivity index (χ1n) is 8.93. The third-order valence-electron chi connectivity index (χ3n) is 5.43. The average molecular weight is 360 g/mol. The van der Waals surface area contributed by atoms with Crippen molar-refractivity contribution in [3.05, 3.63) is 33.9 Å². The Morgan fingerprint density at radius 3 is 2.85 bits per heavy atom. The highest BCUT2D eigenvalue weighted by Gasteiger charge is 2.32. The van der Waals surface area contributed by atoms with Crippen molar-refractivity contribution in [2.75, 3.05) is 7.11 Å². The molecule has 1 heterocycles. The number of hydrogen-bond donors (Lipinski definition) is 2. The monoisotopic (exact) mass is 360 g/mol. The highest BCUT2D eigenvalue weighted by Crippen LogP contribution is 2.42. The van der Waals surface area contributed by atoms with Crippen molar-refractivity contribution >= 4 is 11.9 Å². The van der Waals surface area contributed by atoms with Crippen LogP contribution in [0.15, 0.2) is 11.6 Å². The summed E-state index contributed by atoms with van der Waals surface area (Å²) in [6, 6.07) is 0. The van der Waals surface area contributed by atoms with Crippen molar-refractivity contribution < 1.29 is 29.3 Å². The number of carbonyl (C=O) groups is 2. The van der Waals surface area contributed by atoms with Crippen LogP contribution in [0.2, 0.25) is 0 Å². The van der Waals surface area contributed by atoms with Crippen LogP contribution in [0, 0.1) is 12.8 Å². The molecule has 2 aliphatic rings. The Morgan fingerprint density at radius 1 is 1.38 bits per heavy atom. The van der Waals surface area contributed by atoms with Gasteiger partial charge in [-0.1, -0.05) is 18.1 Å². The Kier molecular flexibility index (Phi) is 5.20. The van der Waals surface area contributed by atoms with Gasteiger partial charge in [-0.3, -0.25) is 4.79 Å². The molecule has 0 radical (unpaired) electrons.